The molecule has 2 unspecified atom stereocenters. The van der Waals surface area contributed by atoms with Crippen LogP contribution in [0.25, 0.3) is 0 Å². The summed E-state index contributed by atoms with van der Waals surface area (Å²) in [6, 6.07) is 0.801. The number of piperazine rings is 1. The number of rotatable bonds is 5. The van der Waals surface area contributed by atoms with Gasteiger partial charge in [-0.2, -0.15) is 0 Å². The molecule has 0 spiro atoms. The quantitative estimate of drug-likeness (QED) is 0.725. The Balaban J connectivity index is 2.73. The van der Waals surface area contributed by atoms with Crippen molar-refractivity contribution in [1.82, 2.24) is 14.1 Å². The molecule has 0 radical (unpaired) electrons. The zero-order chi connectivity index (χ0) is 13.9. The van der Waals surface area contributed by atoms with E-state index in [0.29, 0.717) is 18.6 Å². The van der Waals surface area contributed by atoms with E-state index in [4.69, 9.17) is 0 Å². The second-order valence-electron chi connectivity index (χ2n) is 5.45. The highest BCUT2D eigenvalue weighted by Crippen LogP contribution is 2.16. The first-order valence-electron chi connectivity index (χ1n) is 6.61. The average molecular weight is 277 g/mol. The molecular formula is C12H27N3O2S. The molecule has 0 N–H and O–H groups in total. The molecule has 1 rings (SSSR count). The number of nitrogens with zero attached hydrogens (tertiary/aromatic N) is 3. The highest BCUT2D eigenvalue weighted by atomic mass is 32.2. The number of sulfonamides is 1. The van der Waals surface area contributed by atoms with Crippen LogP contribution in [-0.2, 0) is 10.0 Å². The van der Waals surface area contributed by atoms with Gasteiger partial charge in [-0.15, -0.1) is 0 Å². The molecule has 0 aromatic carbocycles. The zero-order valence-electron chi connectivity index (χ0n) is 12.3. The van der Waals surface area contributed by atoms with Crippen LogP contribution in [0.5, 0.6) is 0 Å². The van der Waals surface area contributed by atoms with E-state index in [9.17, 15) is 8.42 Å². The Labute approximate surface area is 112 Å². The normalized spacial score (nSPS) is 25.6. The van der Waals surface area contributed by atoms with Crippen LogP contribution in [0.3, 0.4) is 0 Å². The minimum absolute atomic E-state index is 0.290. The summed E-state index contributed by atoms with van der Waals surface area (Å²) in [6.45, 7) is 7.99. The molecule has 0 aromatic heterocycles. The van der Waals surface area contributed by atoms with Gasteiger partial charge >= 0.3 is 0 Å². The summed E-state index contributed by atoms with van der Waals surface area (Å²) in [4.78, 5) is 4.72. The van der Waals surface area contributed by atoms with Gasteiger partial charge in [0.1, 0.15) is 0 Å². The third kappa shape index (κ3) is 4.19. The van der Waals surface area contributed by atoms with E-state index in [0.717, 1.165) is 26.1 Å². The highest BCUT2D eigenvalue weighted by Gasteiger charge is 2.30. The van der Waals surface area contributed by atoms with Crippen molar-refractivity contribution in [2.75, 3.05) is 46.5 Å². The Morgan fingerprint density at radius 3 is 2.50 bits per heavy atom. The summed E-state index contributed by atoms with van der Waals surface area (Å²) in [5, 5.41) is 0. The van der Waals surface area contributed by atoms with Gasteiger partial charge in [-0.05, 0) is 20.4 Å². The maximum Gasteiger partial charge on any atom is 0.211 e. The topological polar surface area (TPSA) is 43.9 Å². The van der Waals surface area contributed by atoms with Gasteiger partial charge in [-0.1, -0.05) is 6.92 Å². The summed E-state index contributed by atoms with van der Waals surface area (Å²) in [7, 11) is 0.677. The Bertz CT molecular complexity index is 358. The van der Waals surface area contributed by atoms with Crippen molar-refractivity contribution in [3.63, 3.8) is 0 Å². The lowest BCUT2D eigenvalue weighted by molar-refractivity contribution is 0.0493. The second kappa shape index (κ2) is 6.32. The first kappa shape index (κ1) is 15.9. The molecule has 1 fully saturated rings. The molecule has 0 saturated carbocycles. The van der Waals surface area contributed by atoms with E-state index >= 15 is 0 Å². The van der Waals surface area contributed by atoms with Gasteiger partial charge in [0.2, 0.25) is 10.0 Å². The molecule has 0 amide bonds. The van der Waals surface area contributed by atoms with Crippen molar-refractivity contribution < 1.29 is 8.42 Å². The summed E-state index contributed by atoms with van der Waals surface area (Å²) >= 11 is 0. The number of likely N-dealkylation sites (N-methyl/N-ethyl adjacent to an activating group) is 2. The number of hydrogen-bond acceptors (Lipinski definition) is 4. The Morgan fingerprint density at radius 1 is 1.39 bits per heavy atom. The predicted octanol–water partition coefficient (Wildman–Crippen LogP) is 0.292. The molecule has 0 aromatic rings. The minimum Gasteiger partial charge on any atom is -0.303 e. The smallest absolute Gasteiger partial charge is 0.211 e. The molecule has 1 saturated heterocycles. The molecular weight excluding hydrogens is 250 g/mol. The largest absolute Gasteiger partial charge is 0.303 e. The third-order valence-electron chi connectivity index (χ3n) is 3.92. The molecule has 6 heteroatoms. The summed E-state index contributed by atoms with van der Waals surface area (Å²) < 4.78 is 24.5. The molecule has 1 aliphatic heterocycles. The summed E-state index contributed by atoms with van der Waals surface area (Å²) in [5.41, 5.74) is 0. The fraction of sp³-hybridized carbons (Fsp3) is 1.00. The highest BCUT2D eigenvalue weighted by molar-refractivity contribution is 7.88. The first-order chi connectivity index (χ1) is 8.25. The van der Waals surface area contributed by atoms with E-state index in [2.05, 4.69) is 30.7 Å². The Hall–Kier alpha value is -0.170. The third-order valence-corrected chi connectivity index (χ3v) is 5.20. The molecule has 1 aliphatic rings. The fourth-order valence-electron chi connectivity index (χ4n) is 2.43. The lowest BCUT2D eigenvalue weighted by Crippen LogP contribution is -2.58. The molecule has 0 bridgehead atoms. The molecule has 18 heavy (non-hydrogen) atoms. The van der Waals surface area contributed by atoms with Crippen LogP contribution in [0, 0.1) is 0 Å². The van der Waals surface area contributed by atoms with Crippen molar-refractivity contribution in [1.29, 1.82) is 0 Å². The first-order valence-corrected chi connectivity index (χ1v) is 8.46. The maximum atomic E-state index is 11.5. The van der Waals surface area contributed by atoms with Gasteiger partial charge in [0.25, 0.3) is 0 Å². The minimum atomic E-state index is -3.09. The van der Waals surface area contributed by atoms with E-state index < -0.39 is 10.0 Å². The van der Waals surface area contributed by atoms with Crippen molar-refractivity contribution in [3.05, 3.63) is 0 Å². The lowest BCUT2D eigenvalue weighted by Gasteiger charge is -2.44. The predicted molar refractivity (Wildman–Crippen MR) is 75.2 cm³/mol. The van der Waals surface area contributed by atoms with Gasteiger partial charge < -0.3 is 4.90 Å². The lowest BCUT2D eigenvalue weighted by atomic mass is 10.1. The van der Waals surface area contributed by atoms with E-state index in [-0.39, 0.29) is 0 Å². The summed E-state index contributed by atoms with van der Waals surface area (Å²) in [5.74, 6) is 0. The zero-order valence-corrected chi connectivity index (χ0v) is 13.1. The summed E-state index contributed by atoms with van der Waals surface area (Å²) in [6.07, 6.45) is 2.37. The van der Waals surface area contributed by atoms with Crippen LogP contribution in [0.2, 0.25) is 0 Å². The average Bonchev–Trinajstić information content (AvgIpc) is 2.27. The number of hydrogen-bond donors (Lipinski definition) is 0. The molecule has 1 heterocycles. The van der Waals surface area contributed by atoms with Crippen LogP contribution in [0.1, 0.15) is 20.3 Å². The molecule has 108 valence electrons. The van der Waals surface area contributed by atoms with Gasteiger partial charge in [0, 0.05) is 45.3 Å². The maximum absolute atomic E-state index is 11.5. The van der Waals surface area contributed by atoms with Crippen molar-refractivity contribution in [2.24, 2.45) is 0 Å². The van der Waals surface area contributed by atoms with E-state index in [1.54, 1.807) is 7.05 Å². The van der Waals surface area contributed by atoms with Gasteiger partial charge in [-0.25, -0.2) is 12.7 Å². The van der Waals surface area contributed by atoms with Crippen LogP contribution in [-0.4, -0.2) is 81.1 Å². The van der Waals surface area contributed by atoms with E-state index in [1.807, 2.05) is 0 Å². The van der Waals surface area contributed by atoms with Crippen molar-refractivity contribution in [2.45, 2.75) is 32.4 Å². The van der Waals surface area contributed by atoms with E-state index in [1.165, 1.54) is 10.6 Å². The standard InChI is InChI=1S/C12H27N3O2S/c1-6-11(2)15-8-7-13(3)9-12(15)10-14(4)18(5,16)17/h11-12H,6-10H2,1-5H3. The van der Waals surface area contributed by atoms with Crippen LogP contribution >= 0.6 is 0 Å². The van der Waals surface area contributed by atoms with Gasteiger partial charge in [-0.3, -0.25) is 4.90 Å². The van der Waals surface area contributed by atoms with Crippen LogP contribution < -0.4 is 0 Å². The van der Waals surface area contributed by atoms with Crippen molar-refractivity contribution >= 4 is 10.0 Å². The SMILES string of the molecule is CCC(C)N1CCN(C)CC1CN(C)S(C)(=O)=O. The van der Waals surface area contributed by atoms with Gasteiger partial charge in [0.05, 0.1) is 6.26 Å². The Morgan fingerprint density at radius 2 is 2.00 bits per heavy atom. The molecule has 0 aliphatic carbocycles. The van der Waals surface area contributed by atoms with Gasteiger partial charge in [0.15, 0.2) is 0 Å². The molecule has 5 nitrogen and oxygen atoms in total. The monoisotopic (exact) mass is 277 g/mol. The second-order valence-corrected chi connectivity index (χ2v) is 7.54. The van der Waals surface area contributed by atoms with Crippen LogP contribution in [0.15, 0.2) is 0 Å². The van der Waals surface area contributed by atoms with Crippen LogP contribution in [0.4, 0.5) is 0 Å². The molecule has 2 atom stereocenters. The fourth-order valence-corrected chi connectivity index (χ4v) is 2.88. The van der Waals surface area contributed by atoms with Crippen molar-refractivity contribution in [3.8, 4) is 0 Å². The Kier molecular flexibility index (Phi) is 5.58.